The predicted octanol–water partition coefficient (Wildman–Crippen LogP) is 3.75. The van der Waals surface area contributed by atoms with Crippen LogP contribution >= 0.6 is 0 Å². The van der Waals surface area contributed by atoms with E-state index in [1.807, 2.05) is 12.1 Å². The molecule has 5 heteroatoms. The molecule has 0 radical (unpaired) electrons. The summed E-state index contributed by atoms with van der Waals surface area (Å²) in [4.78, 5) is 8.69. The third-order valence-corrected chi connectivity index (χ3v) is 4.31. The molecule has 1 aliphatic rings. The van der Waals surface area contributed by atoms with Gasteiger partial charge in [-0.05, 0) is 30.9 Å². The van der Waals surface area contributed by atoms with E-state index in [-0.39, 0.29) is 6.04 Å². The summed E-state index contributed by atoms with van der Waals surface area (Å²) in [7, 11) is 0. The highest BCUT2D eigenvalue weighted by Gasteiger charge is 2.26. The lowest BCUT2D eigenvalue weighted by molar-refractivity contribution is 0.246. The Hall–Kier alpha value is -1.75. The number of rotatable bonds is 5. The summed E-state index contributed by atoms with van der Waals surface area (Å²) in [5, 5.41) is 7.84. The van der Waals surface area contributed by atoms with E-state index in [4.69, 9.17) is 4.52 Å². The number of nitrogens with zero attached hydrogens (tertiary/aromatic N) is 3. The van der Waals surface area contributed by atoms with Gasteiger partial charge in [-0.15, -0.1) is 0 Å². The van der Waals surface area contributed by atoms with Crippen LogP contribution in [0.5, 0.6) is 0 Å². The average molecular weight is 300 g/mol. The highest BCUT2D eigenvalue weighted by molar-refractivity contribution is 5.51. The van der Waals surface area contributed by atoms with E-state index >= 15 is 0 Å². The number of hydrogen-bond acceptors (Lipinski definition) is 5. The SMILES string of the molecule is CC(C)[C@H](NC1CCCCC1)c1nc(-c2cccnc2)no1. The largest absolute Gasteiger partial charge is 0.337 e. The van der Waals surface area contributed by atoms with Crippen LogP contribution in [0.3, 0.4) is 0 Å². The Bertz CT molecular complexity index is 575. The summed E-state index contributed by atoms with van der Waals surface area (Å²) in [5.41, 5.74) is 0.887. The molecule has 0 unspecified atom stereocenters. The molecule has 1 aliphatic carbocycles. The van der Waals surface area contributed by atoms with Crippen molar-refractivity contribution in [2.75, 3.05) is 0 Å². The third kappa shape index (κ3) is 3.53. The van der Waals surface area contributed by atoms with Crippen LogP contribution in [0.15, 0.2) is 29.0 Å². The first-order valence-corrected chi connectivity index (χ1v) is 8.24. The Labute approximate surface area is 131 Å². The lowest BCUT2D eigenvalue weighted by Crippen LogP contribution is -2.36. The van der Waals surface area contributed by atoms with Gasteiger partial charge in [-0.2, -0.15) is 4.98 Å². The van der Waals surface area contributed by atoms with Crippen molar-refractivity contribution in [1.29, 1.82) is 0 Å². The molecule has 0 bridgehead atoms. The molecule has 22 heavy (non-hydrogen) atoms. The van der Waals surface area contributed by atoms with Gasteiger partial charge >= 0.3 is 0 Å². The standard InChI is InChI=1S/C17H24N4O/c1-12(2)15(19-14-8-4-3-5-9-14)17-20-16(21-22-17)13-7-6-10-18-11-13/h6-7,10-12,14-15,19H,3-5,8-9H2,1-2H3/t15-/m0/s1. The summed E-state index contributed by atoms with van der Waals surface area (Å²) in [6.07, 6.45) is 9.97. The van der Waals surface area contributed by atoms with Crippen molar-refractivity contribution in [3.05, 3.63) is 30.4 Å². The molecule has 1 atom stereocenters. The molecule has 3 rings (SSSR count). The van der Waals surface area contributed by atoms with Gasteiger partial charge in [0.25, 0.3) is 0 Å². The molecule has 2 aromatic heterocycles. The molecule has 1 N–H and O–H groups in total. The first-order chi connectivity index (χ1) is 10.7. The van der Waals surface area contributed by atoms with Crippen molar-refractivity contribution in [2.45, 2.75) is 58.0 Å². The Morgan fingerprint density at radius 3 is 2.73 bits per heavy atom. The fourth-order valence-electron chi connectivity index (χ4n) is 3.05. The fraction of sp³-hybridized carbons (Fsp3) is 0.588. The summed E-state index contributed by atoms with van der Waals surface area (Å²) in [6, 6.07) is 4.50. The van der Waals surface area contributed by atoms with Gasteiger partial charge in [-0.25, -0.2) is 0 Å². The van der Waals surface area contributed by atoms with Gasteiger partial charge in [0.2, 0.25) is 11.7 Å². The molecular weight excluding hydrogens is 276 g/mol. The predicted molar refractivity (Wildman–Crippen MR) is 85.1 cm³/mol. The van der Waals surface area contributed by atoms with Crippen LogP contribution in [-0.4, -0.2) is 21.2 Å². The third-order valence-electron chi connectivity index (χ3n) is 4.31. The Balaban J connectivity index is 1.76. The van der Waals surface area contributed by atoms with Gasteiger partial charge in [-0.3, -0.25) is 4.98 Å². The molecule has 118 valence electrons. The molecule has 1 fully saturated rings. The van der Waals surface area contributed by atoms with E-state index in [0.29, 0.717) is 23.7 Å². The zero-order valence-electron chi connectivity index (χ0n) is 13.3. The van der Waals surface area contributed by atoms with E-state index in [1.165, 1.54) is 32.1 Å². The summed E-state index contributed by atoms with van der Waals surface area (Å²) < 4.78 is 5.53. The van der Waals surface area contributed by atoms with Crippen LogP contribution in [0.4, 0.5) is 0 Å². The molecule has 0 aliphatic heterocycles. The molecule has 1 saturated carbocycles. The highest BCUT2D eigenvalue weighted by Crippen LogP contribution is 2.26. The molecule has 2 heterocycles. The zero-order valence-corrected chi connectivity index (χ0v) is 13.3. The minimum absolute atomic E-state index is 0.112. The van der Waals surface area contributed by atoms with E-state index in [0.717, 1.165) is 5.56 Å². The fourth-order valence-corrected chi connectivity index (χ4v) is 3.05. The minimum Gasteiger partial charge on any atom is -0.337 e. The van der Waals surface area contributed by atoms with E-state index in [9.17, 15) is 0 Å². The van der Waals surface area contributed by atoms with Crippen molar-refractivity contribution >= 4 is 0 Å². The lowest BCUT2D eigenvalue weighted by Gasteiger charge is -2.28. The summed E-state index contributed by atoms with van der Waals surface area (Å²) in [6.45, 7) is 4.38. The Morgan fingerprint density at radius 2 is 2.05 bits per heavy atom. The van der Waals surface area contributed by atoms with Crippen molar-refractivity contribution in [2.24, 2.45) is 5.92 Å². The maximum absolute atomic E-state index is 5.53. The summed E-state index contributed by atoms with van der Waals surface area (Å²) >= 11 is 0. The zero-order chi connectivity index (χ0) is 15.4. The van der Waals surface area contributed by atoms with Crippen LogP contribution in [0.1, 0.15) is 57.9 Å². The first kappa shape index (κ1) is 15.2. The number of aromatic nitrogens is 3. The second-order valence-electron chi connectivity index (χ2n) is 6.42. The van der Waals surface area contributed by atoms with Crippen LogP contribution in [-0.2, 0) is 0 Å². The van der Waals surface area contributed by atoms with Crippen LogP contribution in [0, 0.1) is 5.92 Å². The number of pyridine rings is 1. The quantitative estimate of drug-likeness (QED) is 0.911. The molecule has 0 saturated heterocycles. The monoisotopic (exact) mass is 300 g/mol. The van der Waals surface area contributed by atoms with Gasteiger partial charge in [0.05, 0.1) is 6.04 Å². The minimum atomic E-state index is 0.112. The average Bonchev–Trinajstić information content (AvgIpc) is 3.04. The van der Waals surface area contributed by atoms with E-state index < -0.39 is 0 Å². The van der Waals surface area contributed by atoms with E-state index in [1.54, 1.807) is 12.4 Å². The van der Waals surface area contributed by atoms with Crippen LogP contribution in [0.25, 0.3) is 11.4 Å². The van der Waals surface area contributed by atoms with Crippen molar-refractivity contribution < 1.29 is 4.52 Å². The molecule has 5 nitrogen and oxygen atoms in total. The van der Waals surface area contributed by atoms with Gasteiger partial charge < -0.3 is 9.84 Å². The number of nitrogens with one attached hydrogen (secondary N) is 1. The van der Waals surface area contributed by atoms with Gasteiger partial charge in [-0.1, -0.05) is 38.3 Å². The molecule has 0 spiro atoms. The highest BCUT2D eigenvalue weighted by atomic mass is 16.5. The topological polar surface area (TPSA) is 63.8 Å². The first-order valence-electron chi connectivity index (χ1n) is 8.24. The second-order valence-corrected chi connectivity index (χ2v) is 6.42. The normalized spacial score (nSPS) is 17.8. The Morgan fingerprint density at radius 1 is 1.23 bits per heavy atom. The maximum Gasteiger partial charge on any atom is 0.244 e. The number of hydrogen-bond donors (Lipinski definition) is 1. The summed E-state index contributed by atoms with van der Waals surface area (Å²) in [5.74, 6) is 1.70. The van der Waals surface area contributed by atoms with E-state index in [2.05, 4.69) is 34.3 Å². The van der Waals surface area contributed by atoms with Gasteiger partial charge in [0.1, 0.15) is 0 Å². The maximum atomic E-state index is 5.53. The van der Waals surface area contributed by atoms with Crippen molar-refractivity contribution in [1.82, 2.24) is 20.4 Å². The lowest BCUT2D eigenvalue weighted by atomic mass is 9.93. The smallest absolute Gasteiger partial charge is 0.244 e. The van der Waals surface area contributed by atoms with Gasteiger partial charge in [0.15, 0.2) is 0 Å². The molecule has 0 aromatic carbocycles. The van der Waals surface area contributed by atoms with Crippen LogP contribution < -0.4 is 5.32 Å². The molecular formula is C17H24N4O. The van der Waals surface area contributed by atoms with Crippen LogP contribution in [0.2, 0.25) is 0 Å². The van der Waals surface area contributed by atoms with Gasteiger partial charge in [0, 0.05) is 24.0 Å². The second kappa shape index (κ2) is 7.01. The molecule has 0 amide bonds. The van der Waals surface area contributed by atoms with Crippen molar-refractivity contribution in [3.8, 4) is 11.4 Å². The molecule has 2 aromatic rings. The van der Waals surface area contributed by atoms with Crippen molar-refractivity contribution in [3.63, 3.8) is 0 Å². The Kier molecular flexibility index (Phi) is 4.83.